The standard InChI is InChI=1S/C20H25NO2/c1-21-13-14-22-19(15-21)16-23-20-10-6-5-9-18(20)12-11-17-7-3-2-4-8-17/h2-10,19H,11-16H2,1H3. The van der Waals surface area contributed by atoms with Gasteiger partial charge >= 0.3 is 0 Å². The monoisotopic (exact) mass is 311 g/mol. The molecule has 1 saturated heterocycles. The summed E-state index contributed by atoms with van der Waals surface area (Å²) < 4.78 is 11.8. The Bertz CT molecular complexity index is 600. The zero-order valence-electron chi connectivity index (χ0n) is 13.8. The molecule has 0 radical (unpaired) electrons. The fraction of sp³-hybridized carbons (Fsp3) is 0.400. The molecule has 3 rings (SSSR count). The highest BCUT2D eigenvalue weighted by Crippen LogP contribution is 2.21. The van der Waals surface area contributed by atoms with Crippen LogP contribution in [0.1, 0.15) is 11.1 Å². The Balaban J connectivity index is 1.57. The smallest absolute Gasteiger partial charge is 0.122 e. The molecule has 0 N–H and O–H groups in total. The summed E-state index contributed by atoms with van der Waals surface area (Å²) in [6.07, 6.45) is 2.19. The summed E-state index contributed by atoms with van der Waals surface area (Å²) in [4.78, 5) is 2.29. The third-order valence-corrected chi connectivity index (χ3v) is 4.27. The summed E-state index contributed by atoms with van der Waals surface area (Å²) in [7, 11) is 2.13. The lowest BCUT2D eigenvalue weighted by Crippen LogP contribution is -2.42. The maximum Gasteiger partial charge on any atom is 0.122 e. The van der Waals surface area contributed by atoms with E-state index < -0.39 is 0 Å². The molecular weight excluding hydrogens is 286 g/mol. The average Bonchev–Trinajstić information content (AvgIpc) is 2.60. The van der Waals surface area contributed by atoms with Crippen LogP contribution in [0.5, 0.6) is 5.75 Å². The average molecular weight is 311 g/mol. The molecule has 1 unspecified atom stereocenters. The van der Waals surface area contributed by atoms with Crippen LogP contribution in [0.15, 0.2) is 54.6 Å². The molecule has 1 aliphatic heterocycles. The van der Waals surface area contributed by atoms with Crippen LogP contribution < -0.4 is 4.74 Å². The van der Waals surface area contributed by atoms with Crippen LogP contribution in [0.4, 0.5) is 0 Å². The number of nitrogens with zero attached hydrogens (tertiary/aromatic N) is 1. The first-order valence-corrected chi connectivity index (χ1v) is 8.36. The number of benzene rings is 2. The minimum absolute atomic E-state index is 0.163. The van der Waals surface area contributed by atoms with Gasteiger partial charge in [0.05, 0.1) is 6.61 Å². The zero-order chi connectivity index (χ0) is 15.9. The molecule has 0 saturated carbocycles. The first-order valence-electron chi connectivity index (χ1n) is 8.36. The predicted molar refractivity (Wildman–Crippen MR) is 93.0 cm³/mol. The summed E-state index contributed by atoms with van der Waals surface area (Å²) in [5.41, 5.74) is 2.63. The van der Waals surface area contributed by atoms with E-state index in [1.165, 1.54) is 11.1 Å². The van der Waals surface area contributed by atoms with E-state index in [4.69, 9.17) is 9.47 Å². The van der Waals surface area contributed by atoms with Crippen molar-refractivity contribution in [2.24, 2.45) is 0 Å². The van der Waals surface area contributed by atoms with Gasteiger partial charge in [0.15, 0.2) is 0 Å². The van der Waals surface area contributed by atoms with Gasteiger partial charge in [-0.1, -0.05) is 48.5 Å². The second-order valence-electron chi connectivity index (χ2n) is 6.16. The molecular formula is C20H25NO2. The van der Waals surface area contributed by atoms with Crippen molar-refractivity contribution in [3.05, 3.63) is 65.7 Å². The van der Waals surface area contributed by atoms with Crippen LogP contribution in [0.3, 0.4) is 0 Å². The number of aryl methyl sites for hydroxylation is 2. The highest BCUT2D eigenvalue weighted by molar-refractivity contribution is 5.34. The van der Waals surface area contributed by atoms with E-state index >= 15 is 0 Å². The number of rotatable bonds is 6. The highest BCUT2D eigenvalue weighted by Gasteiger charge is 2.18. The predicted octanol–water partition coefficient (Wildman–Crippen LogP) is 3.18. The fourth-order valence-electron chi connectivity index (χ4n) is 2.93. The normalized spacial score (nSPS) is 18.7. The van der Waals surface area contributed by atoms with Crippen LogP contribution in [-0.2, 0) is 17.6 Å². The summed E-state index contributed by atoms with van der Waals surface area (Å²) in [6, 6.07) is 18.9. The van der Waals surface area contributed by atoms with Crippen molar-refractivity contribution in [3.8, 4) is 5.75 Å². The Kier molecular flexibility index (Phi) is 5.67. The van der Waals surface area contributed by atoms with Gasteiger partial charge in [-0.15, -0.1) is 0 Å². The van der Waals surface area contributed by atoms with Gasteiger partial charge in [0.2, 0.25) is 0 Å². The Morgan fingerprint density at radius 3 is 2.65 bits per heavy atom. The molecule has 0 aromatic heterocycles. The van der Waals surface area contributed by atoms with Gasteiger partial charge in [0.1, 0.15) is 18.5 Å². The van der Waals surface area contributed by atoms with Crippen molar-refractivity contribution in [1.82, 2.24) is 4.90 Å². The minimum Gasteiger partial charge on any atom is -0.491 e. The molecule has 23 heavy (non-hydrogen) atoms. The number of hydrogen-bond donors (Lipinski definition) is 0. The Hall–Kier alpha value is -1.84. The Morgan fingerprint density at radius 2 is 1.83 bits per heavy atom. The molecule has 1 atom stereocenters. The second-order valence-corrected chi connectivity index (χ2v) is 6.16. The van der Waals surface area contributed by atoms with Crippen LogP contribution in [0.2, 0.25) is 0 Å². The first-order chi connectivity index (χ1) is 11.3. The van der Waals surface area contributed by atoms with E-state index in [1.807, 2.05) is 6.07 Å². The van der Waals surface area contributed by atoms with E-state index in [1.54, 1.807) is 0 Å². The van der Waals surface area contributed by atoms with Crippen molar-refractivity contribution < 1.29 is 9.47 Å². The minimum atomic E-state index is 0.163. The summed E-state index contributed by atoms with van der Waals surface area (Å²) in [6.45, 7) is 3.35. The molecule has 0 spiro atoms. The van der Waals surface area contributed by atoms with Gasteiger partial charge < -0.3 is 14.4 Å². The second kappa shape index (κ2) is 8.14. The molecule has 0 aliphatic carbocycles. The lowest BCUT2D eigenvalue weighted by atomic mass is 10.0. The summed E-state index contributed by atoms with van der Waals surface area (Å²) in [5, 5.41) is 0. The highest BCUT2D eigenvalue weighted by atomic mass is 16.5. The van der Waals surface area contributed by atoms with Gasteiger partial charge in [-0.3, -0.25) is 0 Å². The molecule has 122 valence electrons. The maximum atomic E-state index is 6.06. The third-order valence-electron chi connectivity index (χ3n) is 4.27. The van der Waals surface area contributed by atoms with E-state index in [0.717, 1.165) is 38.3 Å². The molecule has 3 nitrogen and oxygen atoms in total. The van der Waals surface area contributed by atoms with Gasteiger partial charge in [0.25, 0.3) is 0 Å². The van der Waals surface area contributed by atoms with E-state index in [0.29, 0.717) is 6.61 Å². The van der Waals surface area contributed by atoms with Gasteiger partial charge in [-0.25, -0.2) is 0 Å². The number of para-hydroxylation sites is 1. The molecule has 0 amide bonds. The number of morpholine rings is 1. The van der Waals surface area contributed by atoms with E-state index in [-0.39, 0.29) is 6.10 Å². The topological polar surface area (TPSA) is 21.7 Å². The SMILES string of the molecule is CN1CCOC(COc2ccccc2CCc2ccccc2)C1. The molecule has 2 aromatic rings. The van der Waals surface area contributed by atoms with Gasteiger partial charge in [-0.05, 0) is 37.1 Å². The first kappa shape index (κ1) is 16.0. The third kappa shape index (κ3) is 4.81. The molecule has 1 aliphatic rings. The molecule has 1 fully saturated rings. The molecule has 2 aromatic carbocycles. The number of ether oxygens (including phenoxy) is 2. The van der Waals surface area contributed by atoms with Crippen LogP contribution in [0, 0.1) is 0 Å². The van der Waals surface area contributed by atoms with Crippen LogP contribution in [-0.4, -0.2) is 44.4 Å². The summed E-state index contributed by atoms with van der Waals surface area (Å²) in [5.74, 6) is 0.986. The largest absolute Gasteiger partial charge is 0.491 e. The van der Waals surface area contributed by atoms with Crippen molar-refractivity contribution in [2.45, 2.75) is 18.9 Å². The zero-order valence-corrected chi connectivity index (χ0v) is 13.8. The Labute approximate surface area is 138 Å². The van der Waals surface area contributed by atoms with Crippen LogP contribution in [0.25, 0.3) is 0 Å². The number of hydrogen-bond acceptors (Lipinski definition) is 3. The lowest BCUT2D eigenvalue weighted by molar-refractivity contribution is -0.0404. The van der Waals surface area contributed by atoms with Crippen molar-refractivity contribution in [1.29, 1.82) is 0 Å². The lowest BCUT2D eigenvalue weighted by Gasteiger charge is -2.30. The fourth-order valence-corrected chi connectivity index (χ4v) is 2.93. The van der Waals surface area contributed by atoms with Crippen molar-refractivity contribution in [3.63, 3.8) is 0 Å². The summed E-state index contributed by atoms with van der Waals surface area (Å²) >= 11 is 0. The van der Waals surface area contributed by atoms with Crippen molar-refractivity contribution >= 4 is 0 Å². The van der Waals surface area contributed by atoms with Crippen LogP contribution >= 0.6 is 0 Å². The number of likely N-dealkylation sites (N-methyl/N-ethyl adjacent to an activating group) is 1. The molecule has 3 heteroatoms. The maximum absolute atomic E-state index is 6.06. The van der Waals surface area contributed by atoms with E-state index in [9.17, 15) is 0 Å². The molecule has 1 heterocycles. The van der Waals surface area contributed by atoms with Gasteiger partial charge in [-0.2, -0.15) is 0 Å². The van der Waals surface area contributed by atoms with E-state index in [2.05, 4.69) is 60.5 Å². The van der Waals surface area contributed by atoms with Gasteiger partial charge in [0, 0.05) is 13.1 Å². The Morgan fingerprint density at radius 1 is 1.04 bits per heavy atom. The van der Waals surface area contributed by atoms with Crippen molar-refractivity contribution in [2.75, 3.05) is 33.4 Å². The quantitative estimate of drug-likeness (QED) is 0.818. The molecule has 0 bridgehead atoms.